The lowest BCUT2D eigenvalue weighted by atomic mass is 10.00. The first kappa shape index (κ1) is 24.4. The van der Waals surface area contributed by atoms with E-state index in [4.69, 9.17) is 4.42 Å². The van der Waals surface area contributed by atoms with Crippen LogP contribution in [-0.4, -0.2) is 9.13 Å². The monoisotopic (exact) mass is 574 g/mol. The Morgan fingerprint density at radius 1 is 0.378 bits per heavy atom. The summed E-state index contributed by atoms with van der Waals surface area (Å²) in [6.07, 6.45) is 0. The highest BCUT2D eigenvalue weighted by atomic mass is 16.3. The van der Waals surface area contributed by atoms with Gasteiger partial charge >= 0.3 is 0 Å². The zero-order valence-electron chi connectivity index (χ0n) is 24.3. The van der Waals surface area contributed by atoms with E-state index in [1.807, 2.05) is 12.1 Å². The fraction of sp³-hybridized carbons (Fsp3) is 0. The Morgan fingerprint density at radius 2 is 0.956 bits per heavy atom. The SMILES string of the molecule is c1ccc(-n2c3ccccc3c3ccc4c5cc(-c6cccc7c6oc6ccccc67)ccc5n(-c5ccccc5)c4c32)cc1. The first-order chi connectivity index (χ1) is 22.3. The molecule has 3 aromatic heterocycles. The fourth-order valence-corrected chi connectivity index (χ4v) is 7.38. The average Bonchev–Trinajstić information content (AvgIpc) is 3.76. The summed E-state index contributed by atoms with van der Waals surface area (Å²) < 4.78 is 11.3. The van der Waals surface area contributed by atoms with Gasteiger partial charge in [-0.1, -0.05) is 109 Å². The van der Waals surface area contributed by atoms with Gasteiger partial charge in [0.15, 0.2) is 0 Å². The van der Waals surface area contributed by atoms with Crippen molar-refractivity contribution < 1.29 is 4.42 Å². The molecule has 0 saturated heterocycles. The molecule has 0 spiro atoms. The molecule has 3 nitrogen and oxygen atoms in total. The maximum Gasteiger partial charge on any atom is 0.143 e. The summed E-state index contributed by atoms with van der Waals surface area (Å²) in [7, 11) is 0. The lowest BCUT2D eigenvalue weighted by Gasteiger charge is -2.12. The van der Waals surface area contributed by atoms with Crippen LogP contribution in [0.5, 0.6) is 0 Å². The van der Waals surface area contributed by atoms with Gasteiger partial charge < -0.3 is 13.6 Å². The fourth-order valence-electron chi connectivity index (χ4n) is 7.38. The smallest absolute Gasteiger partial charge is 0.143 e. The van der Waals surface area contributed by atoms with Crippen molar-refractivity contribution in [1.29, 1.82) is 0 Å². The molecule has 0 fully saturated rings. The molecule has 0 atom stereocenters. The van der Waals surface area contributed by atoms with Gasteiger partial charge in [-0.2, -0.15) is 0 Å². The second kappa shape index (κ2) is 9.22. The summed E-state index contributed by atoms with van der Waals surface area (Å²) >= 11 is 0. The van der Waals surface area contributed by atoms with Gasteiger partial charge in [0.1, 0.15) is 11.2 Å². The minimum atomic E-state index is 0.915. The Morgan fingerprint density at radius 3 is 1.69 bits per heavy atom. The first-order valence-corrected chi connectivity index (χ1v) is 15.4. The Hall–Kier alpha value is -6.06. The Bertz CT molecular complexity index is 2740. The first-order valence-electron chi connectivity index (χ1n) is 15.4. The van der Waals surface area contributed by atoms with Crippen LogP contribution < -0.4 is 0 Å². The number of nitrogens with zero attached hydrogens (tertiary/aromatic N) is 2. The quantitative estimate of drug-likeness (QED) is 0.206. The summed E-state index contributed by atoms with van der Waals surface area (Å²) in [5.74, 6) is 0. The van der Waals surface area contributed by atoms with Crippen LogP contribution in [0.25, 0.3) is 88.1 Å². The van der Waals surface area contributed by atoms with Crippen LogP contribution in [0, 0.1) is 0 Å². The standard InChI is InChI=1S/C42H26N2O/c1-3-12-28(13-4-1)43-37-20-9-7-16-31(37)33-23-24-34-36-26-27(30-18-11-19-35-32-17-8-10-21-39(32)45-42(30)35)22-25-38(36)44(41(34)40(33)43)29-14-5-2-6-15-29/h1-26H. The van der Waals surface area contributed by atoms with Crippen LogP contribution >= 0.6 is 0 Å². The Balaban J connectivity index is 1.36. The van der Waals surface area contributed by atoms with Gasteiger partial charge in [0.05, 0.1) is 22.1 Å². The normalized spacial score (nSPS) is 12.0. The van der Waals surface area contributed by atoms with Crippen LogP contribution in [0.2, 0.25) is 0 Å². The average molecular weight is 575 g/mol. The molecule has 0 radical (unpaired) electrons. The van der Waals surface area contributed by atoms with Crippen LogP contribution in [-0.2, 0) is 0 Å². The predicted octanol–water partition coefficient (Wildman–Crippen LogP) is 11.4. The van der Waals surface area contributed by atoms with E-state index in [-0.39, 0.29) is 0 Å². The molecule has 0 aliphatic carbocycles. The molecule has 0 bridgehead atoms. The van der Waals surface area contributed by atoms with Crippen molar-refractivity contribution in [1.82, 2.24) is 9.13 Å². The van der Waals surface area contributed by atoms with Crippen LogP contribution in [0.15, 0.2) is 162 Å². The molecule has 0 unspecified atom stereocenters. The van der Waals surface area contributed by atoms with Crippen molar-refractivity contribution in [2.24, 2.45) is 0 Å². The third kappa shape index (κ3) is 3.41. The lowest BCUT2D eigenvalue weighted by Crippen LogP contribution is -1.98. The van der Waals surface area contributed by atoms with Gasteiger partial charge in [0, 0.05) is 49.3 Å². The van der Waals surface area contributed by atoms with E-state index in [1.54, 1.807) is 0 Å². The number of fused-ring (bicyclic) bond motifs is 10. The molecule has 0 N–H and O–H groups in total. The highest BCUT2D eigenvalue weighted by Gasteiger charge is 2.22. The van der Waals surface area contributed by atoms with Crippen molar-refractivity contribution in [3.05, 3.63) is 158 Å². The molecule has 3 heteroatoms. The molecule has 10 rings (SSSR count). The zero-order chi connectivity index (χ0) is 29.5. The van der Waals surface area contributed by atoms with Crippen molar-refractivity contribution in [2.45, 2.75) is 0 Å². The van der Waals surface area contributed by atoms with E-state index < -0.39 is 0 Å². The zero-order valence-corrected chi connectivity index (χ0v) is 24.3. The molecule has 10 aromatic rings. The highest BCUT2D eigenvalue weighted by molar-refractivity contribution is 6.24. The summed E-state index contributed by atoms with van der Waals surface area (Å²) in [5.41, 5.74) is 11.2. The summed E-state index contributed by atoms with van der Waals surface area (Å²) in [4.78, 5) is 0. The number of rotatable bonds is 3. The van der Waals surface area contributed by atoms with Gasteiger partial charge in [-0.3, -0.25) is 0 Å². The summed E-state index contributed by atoms with van der Waals surface area (Å²) in [6, 6.07) is 56.4. The number of benzene rings is 7. The van der Waals surface area contributed by atoms with Crippen molar-refractivity contribution in [3.63, 3.8) is 0 Å². The van der Waals surface area contributed by atoms with E-state index in [9.17, 15) is 0 Å². The second-order valence-corrected chi connectivity index (χ2v) is 11.7. The molecule has 3 heterocycles. The van der Waals surface area contributed by atoms with E-state index >= 15 is 0 Å². The third-order valence-corrected chi connectivity index (χ3v) is 9.31. The van der Waals surface area contributed by atoms with Crippen molar-refractivity contribution >= 4 is 65.6 Å². The van der Waals surface area contributed by atoms with Crippen molar-refractivity contribution in [3.8, 4) is 22.5 Å². The number of hydrogen-bond donors (Lipinski definition) is 0. The van der Waals surface area contributed by atoms with Crippen LogP contribution in [0.1, 0.15) is 0 Å². The molecule has 7 aromatic carbocycles. The molecule has 210 valence electrons. The number of furan rings is 1. The highest BCUT2D eigenvalue weighted by Crippen LogP contribution is 2.43. The van der Waals surface area contributed by atoms with Crippen LogP contribution in [0.4, 0.5) is 0 Å². The summed E-state index contributed by atoms with van der Waals surface area (Å²) in [6.45, 7) is 0. The number of para-hydroxylation sites is 5. The minimum Gasteiger partial charge on any atom is -0.455 e. The molecule has 0 aliphatic rings. The third-order valence-electron chi connectivity index (χ3n) is 9.31. The van der Waals surface area contributed by atoms with Crippen molar-refractivity contribution in [2.75, 3.05) is 0 Å². The predicted molar refractivity (Wildman–Crippen MR) is 188 cm³/mol. The van der Waals surface area contributed by atoms with E-state index in [0.29, 0.717) is 0 Å². The molecule has 0 aliphatic heterocycles. The van der Waals surface area contributed by atoms with E-state index in [1.165, 1.54) is 43.6 Å². The lowest BCUT2D eigenvalue weighted by molar-refractivity contribution is 0.670. The maximum absolute atomic E-state index is 6.46. The van der Waals surface area contributed by atoms with Gasteiger partial charge in [0.25, 0.3) is 0 Å². The number of aromatic nitrogens is 2. The van der Waals surface area contributed by atoms with Gasteiger partial charge in [0.2, 0.25) is 0 Å². The van der Waals surface area contributed by atoms with Gasteiger partial charge in [-0.05, 0) is 54.1 Å². The second-order valence-electron chi connectivity index (χ2n) is 11.7. The summed E-state index contributed by atoms with van der Waals surface area (Å²) in [5, 5.41) is 7.22. The maximum atomic E-state index is 6.46. The van der Waals surface area contributed by atoms with Gasteiger partial charge in [-0.25, -0.2) is 0 Å². The van der Waals surface area contributed by atoms with Gasteiger partial charge in [-0.15, -0.1) is 0 Å². The Kier molecular flexibility index (Phi) is 5.00. The molecular formula is C42H26N2O. The topological polar surface area (TPSA) is 23.0 Å². The van der Waals surface area contributed by atoms with E-state index in [0.717, 1.165) is 44.4 Å². The molecule has 0 saturated carbocycles. The van der Waals surface area contributed by atoms with E-state index in [2.05, 4.69) is 155 Å². The number of hydrogen-bond acceptors (Lipinski definition) is 1. The Labute approximate surface area is 258 Å². The minimum absolute atomic E-state index is 0.915. The molecule has 45 heavy (non-hydrogen) atoms. The largest absolute Gasteiger partial charge is 0.455 e. The van der Waals surface area contributed by atoms with Crippen LogP contribution in [0.3, 0.4) is 0 Å². The molecular weight excluding hydrogens is 548 g/mol. The molecule has 0 amide bonds.